The highest BCUT2D eigenvalue weighted by molar-refractivity contribution is 7.26. The second-order valence-electron chi connectivity index (χ2n) is 14.0. The lowest BCUT2D eigenvalue weighted by Gasteiger charge is -2.12. The minimum atomic E-state index is 0.655. The van der Waals surface area contributed by atoms with Gasteiger partial charge in [0.1, 0.15) is 0 Å². The van der Waals surface area contributed by atoms with E-state index in [1.807, 2.05) is 36.4 Å². The molecular formula is C51H32N4S. The molecule has 11 aromatic rings. The number of hydrogen-bond donors (Lipinski definition) is 0. The van der Waals surface area contributed by atoms with E-state index >= 15 is 0 Å². The van der Waals surface area contributed by atoms with Crippen LogP contribution < -0.4 is 0 Å². The van der Waals surface area contributed by atoms with Gasteiger partial charge in [-0.3, -0.25) is 0 Å². The average Bonchev–Trinajstić information content (AvgIpc) is 3.82. The van der Waals surface area contributed by atoms with Gasteiger partial charge in [0.15, 0.2) is 17.5 Å². The molecule has 5 heteroatoms. The first kappa shape index (κ1) is 32.2. The molecule has 0 radical (unpaired) electrons. The van der Waals surface area contributed by atoms with Gasteiger partial charge in [-0.2, -0.15) is 0 Å². The molecule has 0 atom stereocenters. The quantitative estimate of drug-likeness (QED) is 0.171. The Balaban J connectivity index is 1.05. The van der Waals surface area contributed by atoms with E-state index in [1.165, 1.54) is 53.1 Å². The Morgan fingerprint density at radius 3 is 1.55 bits per heavy atom. The molecule has 56 heavy (non-hydrogen) atoms. The number of hydrogen-bond acceptors (Lipinski definition) is 4. The summed E-state index contributed by atoms with van der Waals surface area (Å²) < 4.78 is 4.76. The molecule has 0 bridgehead atoms. The highest BCUT2D eigenvalue weighted by Crippen LogP contribution is 2.43. The third kappa shape index (κ3) is 5.48. The highest BCUT2D eigenvalue weighted by atomic mass is 32.1. The van der Waals surface area contributed by atoms with Crippen LogP contribution in [0.25, 0.3) is 104 Å². The topological polar surface area (TPSA) is 43.6 Å². The summed E-state index contributed by atoms with van der Waals surface area (Å²) in [6, 6.07) is 68.7. The van der Waals surface area contributed by atoms with Crippen molar-refractivity contribution < 1.29 is 0 Å². The predicted octanol–water partition coefficient (Wildman–Crippen LogP) is 13.7. The fourth-order valence-corrected chi connectivity index (χ4v) is 9.15. The van der Waals surface area contributed by atoms with Crippen molar-refractivity contribution in [2.45, 2.75) is 0 Å². The Bertz CT molecular complexity index is 3160. The Labute approximate surface area is 327 Å². The monoisotopic (exact) mass is 732 g/mol. The van der Waals surface area contributed by atoms with Gasteiger partial charge >= 0.3 is 0 Å². The van der Waals surface area contributed by atoms with Crippen molar-refractivity contribution in [1.82, 2.24) is 19.5 Å². The van der Waals surface area contributed by atoms with Crippen LogP contribution >= 0.6 is 11.3 Å². The molecule has 0 aliphatic carbocycles. The molecule has 0 saturated carbocycles. The van der Waals surface area contributed by atoms with Gasteiger partial charge in [0.25, 0.3) is 0 Å². The molecule has 3 heterocycles. The molecule has 0 fully saturated rings. The lowest BCUT2D eigenvalue weighted by molar-refractivity contribution is 1.08. The number of nitrogens with zero attached hydrogens (tertiary/aromatic N) is 4. The Morgan fingerprint density at radius 2 is 0.857 bits per heavy atom. The largest absolute Gasteiger partial charge is 0.309 e. The van der Waals surface area contributed by atoms with Crippen molar-refractivity contribution in [3.63, 3.8) is 0 Å². The zero-order chi connectivity index (χ0) is 37.0. The first-order chi connectivity index (χ1) is 27.7. The maximum atomic E-state index is 5.16. The van der Waals surface area contributed by atoms with E-state index in [1.54, 1.807) is 11.3 Å². The summed E-state index contributed by atoms with van der Waals surface area (Å²) in [6.45, 7) is 0. The summed E-state index contributed by atoms with van der Waals surface area (Å²) in [5.74, 6) is 1.97. The van der Waals surface area contributed by atoms with Crippen LogP contribution in [0.5, 0.6) is 0 Å². The standard InChI is InChI=1S/C51H32N4S/c1-4-14-35(15-5-1)49-52-50(36-16-6-2-7-17-36)54-51(53-49)44-32-38(31-43-41-21-11-13-23-47(41)56-48(43)44)34-26-24-33(25-27-34)37-28-29-46-42(30-37)40-20-10-12-22-45(40)55(46)39-18-8-3-9-19-39/h1-32H. The van der Waals surface area contributed by atoms with E-state index in [2.05, 4.69) is 162 Å². The summed E-state index contributed by atoms with van der Waals surface area (Å²) in [7, 11) is 0. The van der Waals surface area contributed by atoms with Crippen LogP contribution in [0.15, 0.2) is 194 Å². The van der Waals surface area contributed by atoms with E-state index < -0.39 is 0 Å². The van der Waals surface area contributed by atoms with Crippen LogP contribution in [0.2, 0.25) is 0 Å². The molecule has 0 unspecified atom stereocenters. The predicted molar refractivity (Wildman–Crippen MR) is 234 cm³/mol. The molecule has 0 amide bonds. The summed E-state index contributed by atoms with van der Waals surface area (Å²) in [6.07, 6.45) is 0. The van der Waals surface area contributed by atoms with Crippen LogP contribution in [-0.4, -0.2) is 19.5 Å². The van der Waals surface area contributed by atoms with E-state index in [-0.39, 0.29) is 0 Å². The van der Waals surface area contributed by atoms with Crippen LogP contribution in [0.3, 0.4) is 0 Å². The van der Waals surface area contributed by atoms with Gasteiger partial charge in [-0.05, 0) is 70.8 Å². The molecular weight excluding hydrogens is 701 g/mol. The van der Waals surface area contributed by atoms with E-state index in [0.717, 1.165) is 33.5 Å². The summed E-state index contributed by atoms with van der Waals surface area (Å²) in [4.78, 5) is 15.3. The first-order valence-electron chi connectivity index (χ1n) is 18.8. The second kappa shape index (κ2) is 13.3. The molecule has 262 valence electrons. The number of fused-ring (bicyclic) bond motifs is 6. The summed E-state index contributed by atoms with van der Waals surface area (Å²) in [5.41, 5.74) is 11.1. The zero-order valence-electron chi connectivity index (χ0n) is 30.2. The summed E-state index contributed by atoms with van der Waals surface area (Å²) in [5, 5.41) is 4.92. The third-order valence-electron chi connectivity index (χ3n) is 10.7. The second-order valence-corrected chi connectivity index (χ2v) is 15.1. The number of para-hydroxylation sites is 2. The molecule has 0 aliphatic heterocycles. The van der Waals surface area contributed by atoms with Gasteiger partial charge in [0, 0.05) is 53.3 Å². The number of rotatable bonds is 6. The zero-order valence-corrected chi connectivity index (χ0v) is 31.0. The van der Waals surface area contributed by atoms with Crippen molar-refractivity contribution in [3.8, 4) is 62.1 Å². The van der Waals surface area contributed by atoms with Crippen molar-refractivity contribution in [1.29, 1.82) is 0 Å². The van der Waals surface area contributed by atoms with Crippen molar-refractivity contribution >= 4 is 53.3 Å². The Kier molecular flexibility index (Phi) is 7.64. The lowest BCUT2D eigenvalue weighted by atomic mass is 9.96. The molecule has 8 aromatic carbocycles. The van der Waals surface area contributed by atoms with Crippen molar-refractivity contribution in [2.24, 2.45) is 0 Å². The minimum Gasteiger partial charge on any atom is -0.309 e. The van der Waals surface area contributed by atoms with E-state index in [4.69, 9.17) is 15.0 Å². The molecule has 0 spiro atoms. The van der Waals surface area contributed by atoms with Gasteiger partial charge in [-0.25, -0.2) is 15.0 Å². The van der Waals surface area contributed by atoms with Crippen molar-refractivity contribution in [2.75, 3.05) is 0 Å². The van der Waals surface area contributed by atoms with E-state index in [9.17, 15) is 0 Å². The van der Waals surface area contributed by atoms with Crippen LogP contribution in [-0.2, 0) is 0 Å². The smallest absolute Gasteiger partial charge is 0.165 e. The van der Waals surface area contributed by atoms with Gasteiger partial charge in [0.2, 0.25) is 0 Å². The molecule has 4 nitrogen and oxygen atoms in total. The van der Waals surface area contributed by atoms with Gasteiger partial charge in [-0.15, -0.1) is 11.3 Å². The van der Waals surface area contributed by atoms with Crippen LogP contribution in [0.1, 0.15) is 0 Å². The number of benzene rings is 8. The minimum absolute atomic E-state index is 0.655. The normalized spacial score (nSPS) is 11.6. The molecule has 0 N–H and O–H groups in total. The third-order valence-corrected chi connectivity index (χ3v) is 11.9. The van der Waals surface area contributed by atoms with E-state index in [0.29, 0.717) is 17.5 Å². The van der Waals surface area contributed by atoms with Gasteiger partial charge < -0.3 is 4.57 Å². The van der Waals surface area contributed by atoms with Crippen LogP contribution in [0, 0.1) is 0 Å². The summed E-state index contributed by atoms with van der Waals surface area (Å²) >= 11 is 1.79. The average molecular weight is 733 g/mol. The fraction of sp³-hybridized carbons (Fsp3) is 0. The van der Waals surface area contributed by atoms with Gasteiger partial charge in [0.05, 0.1) is 11.0 Å². The lowest BCUT2D eigenvalue weighted by Crippen LogP contribution is -2.00. The maximum Gasteiger partial charge on any atom is 0.165 e. The molecule has 0 aliphatic rings. The Morgan fingerprint density at radius 1 is 0.339 bits per heavy atom. The van der Waals surface area contributed by atoms with Crippen molar-refractivity contribution in [3.05, 3.63) is 194 Å². The maximum absolute atomic E-state index is 5.16. The highest BCUT2D eigenvalue weighted by Gasteiger charge is 2.19. The molecule has 3 aromatic heterocycles. The SMILES string of the molecule is c1ccc(-c2nc(-c3ccccc3)nc(-c3cc(-c4ccc(-c5ccc6c(c5)c5ccccc5n6-c5ccccc5)cc4)cc4c3sc3ccccc34)n2)cc1. The Hall–Kier alpha value is -7.21. The fourth-order valence-electron chi connectivity index (χ4n) is 7.95. The molecule has 0 saturated heterocycles. The van der Waals surface area contributed by atoms with Crippen LogP contribution in [0.4, 0.5) is 0 Å². The number of aromatic nitrogens is 4. The van der Waals surface area contributed by atoms with Gasteiger partial charge in [-0.1, -0.05) is 146 Å². The number of thiophene rings is 1. The first-order valence-corrected chi connectivity index (χ1v) is 19.6. The molecule has 11 rings (SSSR count).